The maximum Gasteiger partial charge on any atom is 0.240 e. The van der Waals surface area contributed by atoms with E-state index in [0.717, 1.165) is 121 Å². The molecule has 0 radical (unpaired) electrons. The quantitative estimate of drug-likeness (QED) is 0.0264. The average molecular weight is 866 g/mol. The molecule has 3 amide bonds. The van der Waals surface area contributed by atoms with E-state index in [9.17, 15) is 24.8 Å². The van der Waals surface area contributed by atoms with Gasteiger partial charge in [-0.2, -0.15) is 25.7 Å². The maximum absolute atomic E-state index is 12.6. The van der Waals surface area contributed by atoms with Crippen LogP contribution in [0, 0.1) is 11.3 Å². The fourth-order valence-corrected chi connectivity index (χ4v) is 6.78. The zero-order valence-electron chi connectivity index (χ0n) is 38.7. The summed E-state index contributed by atoms with van der Waals surface area (Å²) in [4.78, 5) is 37.8. The number of nitrogens with zero attached hydrogens (tertiary/aromatic N) is 5. The van der Waals surface area contributed by atoms with Crippen LogP contribution in [-0.4, -0.2) is 47.7 Å². The van der Waals surface area contributed by atoms with Gasteiger partial charge in [0.1, 0.15) is 11.8 Å². The van der Waals surface area contributed by atoms with Crippen molar-refractivity contribution in [1.29, 1.82) is 5.26 Å². The van der Waals surface area contributed by atoms with Crippen molar-refractivity contribution in [1.82, 2.24) is 21.7 Å². The third-order valence-electron chi connectivity index (χ3n) is 10.5. The molecule has 0 saturated carbocycles. The molecule has 13 heteroatoms. The number of unbranched alkanes of at least 4 members (excludes halogenated alkanes) is 16. The van der Waals surface area contributed by atoms with Crippen LogP contribution in [-0.2, 0) is 14.4 Å². The third-order valence-corrected chi connectivity index (χ3v) is 10.5. The standard InChI is InChI=1S/C50H75N9O4/c1-6-10-14-18-22-26-39(5)56-52-37-44-32-41(33-45(50(44)63)38-55-59-49(62)29-25-21-17-13-9-4)40-30-42(35-53-57-47(60)27-23-19-15-11-7-2)46(34-51)43(31-40)36-54-58-48(61)28-24-20-16-12-8-3/h30-33,35-38,56,63H,5-29H2,1-4H3,(H,57,60)(H,58,61)(H,59,62)/b52-37+,53-35+,54-36+,55-38+. The van der Waals surface area contributed by atoms with Crippen molar-refractivity contribution in [2.45, 2.75) is 182 Å². The maximum atomic E-state index is 12.6. The highest BCUT2D eigenvalue weighted by molar-refractivity contribution is 5.98. The molecule has 0 spiro atoms. The van der Waals surface area contributed by atoms with Crippen LogP contribution >= 0.6 is 0 Å². The normalized spacial score (nSPS) is 11.5. The highest BCUT2D eigenvalue weighted by Gasteiger charge is 2.15. The van der Waals surface area contributed by atoms with Gasteiger partial charge < -0.3 is 5.11 Å². The summed E-state index contributed by atoms with van der Waals surface area (Å²) in [6.45, 7) is 12.7. The van der Waals surface area contributed by atoms with E-state index < -0.39 is 0 Å². The first kappa shape index (κ1) is 53.5. The van der Waals surface area contributed by atoms with Gasteiger partial charge in [0, 0.05) is 47.2 Å². The largest absolute Gasteiger partial charge is 0.507 e. The van der Waals surface area contributed by atoms with Gasteiger partial charge in [0.2, 0.25) is 17.7 Å². The Bertz CT molecular complexity index is 1740. The number of hydrazone groups is 4. The lowest BCUT2D eigenvalue weighted by Crippen LogP contribution is -2.17. The summed E-state index contributed by atoms with van der Waals surface area (Å²) in [6.07, 6.45) is 28.3. The number of allylic oxidation sites excluding steroid dienone is 1. The predicted molar refractivity (Wildman–Crippen MR) is 259 cm³/mol. The molecule has 0 bridgehead atoms. The van der Waals surface area contributed by atoms with Crippen LogP contribution in [0.3, 0.4) is 0 Å². The minimum Gasteiger partial charge on any atom is -0.507 e. The Labute approximate surface area is 377 Å². The SMILES string of the molecule is C=C(CCCCCCC)N/N=C/c1cc(-c2cc(/C=N/NC(=O)CCCCCCC)c(C#N)c(/C=N/NC(=O)CCCCCCC)c2)cc(/C=N/NC(=O)CCCCCCC)c1O. The Balaban J connectivity index is 2.56. The van der Waals surface area contributed by atoms with Gasteiger partial charge in [0.05, 0.1) is 30.4 Å². The molecule has 0 saturated heterocycles. The highest BCUT2D eigenvalue weighted by atomic mass is 16.3. The fourth-order valence-electron chi connectivity index (χ4n) is 6.78. The number of phenolic OH excluding ortho intramolecular Hbond substituents is 1. The smallest absolute Gasteiger partial charge is 0.240 e. The summed E-state index contributed by atoms with van der Waals surface area (Å²) >= 11 is 0. The second-order valence-corrected chi connectivity index (χ2v) is 16.2. The fraction of sp³-hybridized carbons (Fsp3) is 0.560. The second-order valence-electron chi connectivity index (χ2n) is 16.2. The van der Waals surface area contributed by atoms with E-state index in [2.05, 4.69) is 82.5 Å². The van der Waals surface area contributed by atoms with E-state index in [0.29, 0.717) is 52.6 Å². The number of nitriles is 1. The molecule has 344 valence electrons. The van der Waals surface area contributed by atoms with Gasteiger partial charge >= 0.3 is 0 Å². The number of phenols is 1. The van der Waals surface area contributed by atoms with Crippen molar-refractivity contribution < 1.29 is 19.5 Å². The van der Waals surface area contributed by atoms with Crippen molar-refractivity contribution in [2.75, 3.05) is 0 Å². The molecule has 13 nitrogen and oxygen atoms in total. The number of carbonyl (C=O) groups excluding carboxylic acids is 3. The summed E-state index contributed by atoms with van der Waals surface area (Å²) in [5.74, 6) is -0.775. The number of rotatable bonds is 34. The number of hydrogen-bond donors (Lipinski definition) is 5. The molecule has 0 aliphatic carbocycles. The van der Waals surface area contributed by atoms with Crippen LogP contribution in [0.25, 0.3) is 11.1 Å². The molecule has 0 heterocycles. The number of nitrogens with one attached hydrogen (secondary N) is 4. The zero-order valence-corrected chi connectivity index (χ0v) is 38.7. The van der Waals surface area contributed by atoms with E-state index in [1.54, 1.807) is 24.3 Å². The van der Waals surface area contributed by atoms with E-state index in [4.69, 9.17) is 0 Å². The highest BCUT2D eigenvalue weighted by Crippen LogP contribution is 2.31. The Morgan fingerprint density at radius 1 is 0.508 bits per heavy atom. The first-order chi connectivity index (χ1) is 30.7. The predicted octanol–water partition coefficient (Wildman–Crippen LogP) is 11.2. The zero-order chi connectivity index (χ0) is 45.9. The van der Waals surface area contributed by atoms with Crippen molar-refractivity contribution >= 4 is 42.6 Å². The number of hydrogen-bond acceptors (Lipinski definition) is 10. The molecule has 63 heavy (non-hydrogen) atoms. The van der Waals surface area contributed by atoms with Crippen LogP contribution in [0.1, 0.15) is 210 Å². The summed E-state index contributed by atoms with van der Waals surface area (Å²) < 4.78 is 0. The van der Waals surface area contributed by atoms with Gasteiger partial charge in [0.25, 0.3) is 0 Å². The van der Waals surface area contributed by atoms with Crippen molar-refractivity contribution in [3.63, 3.8) is 0 Å². The van der Waals surface area contributed by atoms with Gasteiger partial charge in [0.15, 0.2) is 0 Å². The lowest BCUT2D eigenvalue weighted by molar-refractivity contribution is -0.122. The lowest BCUT2D eigenvalue weighted by atomic mass is 9.93. The molecule has 0 aliphatic heterocycles. The summed E-state index contributed by atoms with van der Waals surface area (Å²) in [5.41, 5.74) is 14.4. The second kappa shape index (κ2) is 33.9. The average Bonchev–Trinajstić information content (AvgIpc) is 3.27. The summed E-state index contributed by atoms with van der Waals surface area (Å²) in [5, 5.41) is 38.8. The molecule has 2 rings (SSSR count). The molecule has 2 aromatic carbocycles. The third kappa shape index (κ3) is 23.4. The van der Waals surface area contributed by atoms with Gasteiger partial charge in [-0.1, -0.05) is 137 Å². The number of aromatic hydroxyl groups is 1. The number of carbonyl (C=O) groups is 3. The Kier molecular flexibility index (Phi) is 28.8. The molecule has 0 aromatic heterocycles. The van der Waals surface area contributed by atoms with Crippen LogP contribution < -0.4 is 21.7 Å². The van der Waals surface area contributed by atoms with Crippen LogP contribution in [0.5, 0.6) is 5.75 Å². The molecule has 2 aromatic rings. The van der Waals surface area contributed by atoms with E-state index in [-0.39, 0.29) is 29.0 Å². The van der Waals surface area contributed by atoms with Gasteiger partial charge in [-0.3, -0.25) is 19.8 Å². The molecule has 0 aliphatic rings. The molecular weight excluding hydrogens is 791 g/mol. The van der Waals surface area contributed by atoms with E-state index in [1.807, 2.05) is 0 Å². The van der Waals surface area contributed by atoms with Crippen molar-refractivity contribution in [2.24, 2.45) is 20.4 Å². The van der Waals surface area contributed by atoms with E-state index >= 15 is 0 Å². The summed E-state index contributed by atoms with van der Waals surface area (Å²) in [6, 6.07) is 9.18. The van der Waals surface area contributed by atoms with Crippen LogP contribution in [0.15, 0.2) is 56.9 Å². The Morgan fingerprint density at radius 2 is 0.810 bits per heavy atom. The van der Waals surface area contributed by atoms with Gasteiger partial charge in [-0.25, -0.2) is 16.3 Å². The van der Waals surface area contributed by atoms with Gasteiger partial charge in [-0.05, 0) is 67.5 Å². The molecule has 0 unspecified atom stereocenters. The molecule has 5 N–H and O–H groups in total. The molecular formula is C50H75N9O4. The molecule has 0 fully saturated rings. The van der Waals surface area contributed by atoms with E-state index in [1.165, 1.54) is 44.1 Å². The number of amides is 3. The Morgan fingerprint density at radius 3 is 1.16 bits per heavy atom. The Hall–Kier alpha value is -5.64. The van der Waals surface area contributed by atoms with Crippen molar-refractivity contribution in [3.8, 4) is 22.9 Å². The number of benzene rings is 2. The van der Waals surface area contributed by atoms with Crippen LogP contribution in [0.2, 0.25) is 0 Å². The first-order valence-corrected chi connectivity index (χ1v) is 23.5. The monoisotopic (exact) mass is 866 g/mol. The summed E-state index contributed by atoms with van der Waals surface area (Å²) in [7, 11) is 0. The minimum absolute atomic E-state index is 0.112. The first-order valence-electron chi connectivity index (χ1n) is 23.5. The topological polar surface area (TPSA) is 193 Å². The minimum atomic E-state index is -0.223. The van der Waals surface area contributed by atoms with Crippen molar-refractivity contribution in [3.05, 3.63) is 64.4 Å². The van der Waals surface area contributed by atoms with Crippen LogP contribution in [0.4, 0.5) is 0 Å². The van der Waals surface area contributed by atoms with Gasteiger partial charge in [-0.15, -0.1) is 0 Å². The lowest BCUT2D eigenvalue weighted by Gasteiger charge is -2.12. The molecule has 0 atom stereocenters.